The molecule has 3 aromatic rings. The number of hydrogen-bond acceptors (Lipinski definition) is 6. The van der Waals surface area contributed by atoms with E-state index < -0.39 is 24.5 Å². The Balaban J connectivity index is 1.60. The lowest BCUT2D eigenvalue weighted by molar-refractivity contribution is -0.119. The van der Waals surface area contributed by atoms with Crippen LogP contribution in [0.4, 0.5) is 5.69 Å². The van der Waals surface area contributed by atoms with Gasteiger partial charge in [0.25, 0.3) is 5.91 Å². The second-order valence-corrected chi connectivity index (χ2v) is 6.55. The summed E-state index contributed by atoms with van der Waals surface area (Å²) in [5.41, 5.74) is 3.49. The summed E-state index contributed by atoms with van der Waals surface area (Å²) in [4.78, 5) is 36.1. The van der Waals surface area contributed by atoms with Gasteiger partial charge >= 0.3 is 11.9 Å². The molecule has 0 aliphatic rings. The quantitative estimate of drug-likeness (QED) is 0.631. The lowest BCUT2D eigenvalue weighted by Crippen LogP contribution is -2.22. The van der Waals surface area contributed by atoms with E-state index >= 15 is 0 Å². The molecule has 0 bridgehead atoms. The number of aromatic nitrogens is 2. The van der Waals surface area contributed by atoms with Crippen LogP contribution < -0.4 is 5.32 Å². The molecular formula is C22H21N3O5. The first-order valence-corrected chi connectivity index (χ1v) is 9.17. The van der Waals surface area contributed by atoms with Gasteiger partial charge < -0.3 is 14.8 Å². The van der Waals surface area contributed by atoms with Crippen molar-refractivity contribution >= 4 is 23.5 Å². The molecule has 1 aromatic heterocycles. The van der Waals surface area contributed by atoms with Crippen molar-refractivity contribution in [2.45, 2.75) is 13.8 Å². The molecule has 3 rings (SSSR count). The van der Waals surface area contributed by atoms with E-state index in [1.54, 1.807) is 47.1 Å². The van der Waals surface area contributed by atoms with Gasteiger partial charge in [0.2, 0.25) is 0 Å². The largest absolute Gasteiger partial charge is 0.465 e. The number of hydrogen-bond donors (Lipinski definition) is 1. The highest BCUT2D eigenvalue weighted by Crippen LogP contribution is 2.16. The van der Waals surface area contributed by atoms with Crippen LogP contribution in [-0.2, 0) is 14.3 Å². The lowest BCUT2D eigenvalue weighted by atomic mass is 10.2. The van der Waals surface area contributed by atoms with Crippen molar-refractivity contribution < 1.29 is 23.9 Å². The van der Waals surface area contributed by atoms with E-state index in [-0.39, 0.29) is 11.3 Å². The Morgan fingerprint density at radius 2 is 1.70 bits per heavy atom. The number of nitrogens with one attached hydrogen (secondary N) is 1. The summed E-state index contributed by atoms with van der Waals surface area (Å²) < 4.78 is 11.5. The molecule has 8 heteroatoms. The first kappa shape index (κ1) is 20.8. The van der Waals surface area contributed by atoms with E-state index in [1.165, 1.54) is 13.2 Å². The number of amides is 1. The summed E-state index contributed by atoms with van der Waals surface area (Å²) in [7, 11) is 1.25. The van der Waals surface area contributed by atoms with Gasteiger partial charge in [-0.15, -0.1) is 0 Å². The number of para-hydroxylation sites is 1. The first-order valence-electron chi connectivity index (χ1n) is 9.17. The first-order chi connectivity index (χ1) is 14.4. The van der Waals surface area contributed by atoms with Crippen LogP contribution in [0.25, 0.3) is 5.69 Å². The molecule has 0 aliphatic carbocycles. The van der Waals surface area contributed by atoms with Gasteiger partial charge in [-0.2, -0.15) is 5.10 Å². The van der Waals surface area contributed by atoms with Crippen LogP contribution in [0.15, 0.2) is 54.6 Å². The fourth-order valence-electron chi connectivity index (χ4n) is 2.91. The van der Waals surface area contributed by atoms with E-state index in [0.717, 1.165) is 17.1 Å². The highest BCUT2D eigenvalue weighted by molar-refractivity contribution is 6.02. The summed E-state index contributed by atoms with van der Waals surface area (Å²) in [6, 6.07) is 15.1. The molecule has 1 N–H and O–H groups in total. The molecule has 0 radical (unpaired) electrons. The Hall–Kier alpha value is -3.94. The van der Waals surface area contributed by atoms with Crippen molar-refractivity contribution in [2.75, 3.05) is 19.0 Å². The number of nitrogens with zero attached hydrogens (tertiary/aromatic N) is 2. The molecule has 0 saturated carbocycles. The summed E-state index contributed by atoms with van der Waals surface area (Å²) in [6.45, 7) is 3.36. The monoisotopic (exact) mass is 407 g/mol. The second kappa shape index (κ2) is 9.04. The zero-order chi connectivity index (χ0) is 21.7. The fraction of sp³-hybridized carbons (Fsp3) is 0.182. The molecule has 154 valence electrons. The van der Waals surface area contributed by atoms with Crippen molar-refractivity contribution in [1.29, 1.82) is 0 Å². The topological polar surface area (TPSA) is 99.5 Å². The molecule has 1 heterocycles. The number of benzene rings is 2. The minimum absolute atomic E-state index is 0.208. The third-order valence-corrected chi connectivity index (χ3v) is 4.30. The molecule has 0 unspecified atom stereocenters. The Kier molecular flexibility index (Phi) is 6.26. The number of esters is 2. The number of aryl methyl sites for hydroxylation is 2. The predicted octanol–water partition coefficient (Wildman–Crippen LogP) is 3.07. The molecule has 30 heavy (non-hydrogen) atoms. The smallest absolute Gasteiger partial charge is 0.339 e. The van der Waals surface area contributed by atoms with Crippen LogP contribution in [0.5, 0.6) is 0 Å². The highest BCUT2D eigenvalue weighted by Gasteiger charge is 2.15. The van der Waals surface area contributed by atoms with Gasteiger partial charge in [-0.1, -0.05) is 12.1 Å². The maximum Gasteiger partial charge on any atom is 0.339 e. The SMILES string of the molecule is COC(=O)c1ccccc1NC(=O)COC(=O)c1ccc(-n2nc(C)cc2C)cc1. The third kappa shape index (κ3) is 4.72. The molecule has 0 spiro atoms. The zero-order valence-electron chi connectivity index (χ0n) is 16.8. The van der Waals surface area contributed by atoms with Gasteiger partial charge in [-0.3, -0.25) is 4.79 Å². The number of methoxy groups -OCH3 is 1. The average Bonchev–Trinajstić information content (AvgIpc) is 3.09. The van der Waals surface area contributed by atoms with Gasteiger partial charge in [0.15, 0.2) is 6.61 Å². The van der Waals surface area contributed by atoms with Crippen molar-refractivity contribution in [2.24, 2.45) is 0 Å². The maximum atomic E-state index is 12.2. The Labute approximate surface area is 173 Å². The number of rotatable bonds is 6. The molecule has 0 aliphatic heterocycles. The molecule has 0 fully saturated rings. The third-order valence-electron chi connectivity index (χ3n) is 4.30. The summed E-state index contributed by atoms with van der Waals surface area (Å²) in [5, 5.41) is 6.94. The van der Waals surface area contributed by atoms with Crippen LogP contribution in [0.1, 0.15) is 32.1 Å². The Morgan fingerprint density at radius 3 is 2.33 bits per heavy atom. The zero-order valence-corrected chi connectivity index (χ0v) is 16.8. The molecule has 1 amide bonds. The van der Waals surface area contributed by atoms with Crippen molar-refractivity contribution in [3.05, 3.63) is 77.1 Å². The minimum Gasteiger partial charge on any atom is -0.465 e. The number of carbonyl (C=O) groups excluding carboxylic acids is 3. The predicted molar refractivity (Wildman–Crippen MR) is 110 cm³/mol. The van der Waals surface area contributed by atoms with Gasteiger partial charge in [0.1, 0.15) is 0 Å². The van der Waals surface area contributed by atoms with E-state index in [1.807, 2.05) is 19.9 Å². The van der Waals surface area contributed by atoms with E-state index in [4.69, 9.17) is 4.74 Å². The summed E-state index contributed by atoms with van der Waals surface area (Å²) in [5.74, 6) is -1.78. The van der Waals surface area contributed by atoms with Gasteiger partial charge in [0.05, 0.1) is 35.3 Å². The van der Waals surface area contributed by atoms with Crippen LogP contribution in [-0.4, -0.2) is 41.3 Å². The standard InChI is InChI=1S/C22H21N3O5/c1-14-12-15(2)25(24-14)17-10-8-16(9-11-17)21(27)30-13-20(26)23-19-7-5-4-6-18(19)22(28)29-3/h4-12H,13H2,1-3H3,(H,23,26). The van der Waals surface area contributed by atoms with E-state index in [2.05, 4.69) is 15.2 Å². The highest BCUT2D eigenvalue weighted by atomic mass is 16.5. The fourth-order valence-corrected chi connectivity index (χ4v) is 2.91. The normalized spacial score (nSPS) is 10.4. The lowest BCUT2D eigenvalue weighted by Gasteiger charge is -2.10. The van der Waals surface area contributed by atoms with Gasteiger partial charge in [-0.25, -0.2) is 14.3 Å². The molecule has 0 saturated heterocycles. The van der Waals surface area contributed by atoms with Crippen LogP contribution in [0.2, 0.25) is 0 Å². The summed E-state index contributed by atoms with van der Waals surface area (Å²) in [6.07, 6.45) is 0. The van der Waals surface area contributed by atoms with Crippen LogP contribution in [0.3, 0.4) is 0 Å². The van der Waals surface area contributed by atoms with E-state index in [0.29, 0.717) is 5.56 Å². The maximum absolute atomic E-state index is 12.2. The van der Waals surface area contributed by atoms with Crippen molar-refractivity contribution in [3.63, 3.8) is 0 Å². The molecule has 8 nitrogen and oxygen atoms in total. The van der Waals surface area contributed by atoms with E-state index in [9.17, 15) is 14.4 Å². The number of carbonyl (C=O) groups is 3. The molecular weight excluding hydrogens is 386 g/mol. The number of anilines is 1. The van der Waals surface area contributed by atoms with Gasteiger partial charge in [-0.05, 0) is 56.3 Å². The summed E-state index contributed by atoms with van der Waals surface area (Å²) >= 11 is 0. The minimum atomic E-state index is -0.633. The van der Waals surface area contributed by atoms with Crippen molar-refractivity contribution in [1.82, 2.24) is 9.78 Å². The van der Waals surface area contributed by atoms with Crippen LogP contribution >= 0.6 is 0 Å². The molecule has 2 aromatic carbocycles. The Morgan fingerprint density at radius 1 is 1.00 bits per heavy atom. The molecule has 0 atom stereocenters. The van der Waals surface area contributed by atoms with Crippen molar-refractivity contribution in [3.8, 4) is 5.69 Å². The Bertz CT molecular complexity index is 1090. The average molecular weight is 407 g/mol. The van der Waals surface area contributed by atoms with Crippen LogP contribution in [0, 0.1) is 13.8 Å². The number of ether oxygens (including phenoxy) is 2. The second-order valence-electron chi connectivity index (χ2n) is 6.55. The van der Waals surface area contributed by atoms with Gasteiger partial charge in [0, 0.05) is 5.69 Å².